The molecule has 2 bridgehead atoms. The molecule has 0 saturated heterocycles. The lowest BCUT2D eigenvalue weighted by molar-refractivity contribution is 0.232. The summed E-state index contributed by atoms with van der Waals surface area (Å²) in [6.45, 7) is 2.97. The number of rotatable bonds is 4. The first-order valence-corrected chi connectivity index (χ1v) is 8.04. The molecule has 4 heteroatoms. The maximum atomic E-state index is 11.8. The van der Waals surface area contributed by atoms with Gasteiger partial charge in [0.2, 0.25) is 5.43 Å². The molecule has 1 N–H and O–H groups in total. The second-order valence-corrected chi connectivity index (χ2v) is 7.24. The van der Waals surface area contributed by atoms with E-state index in [0.29, 0.717) is 12.0 Å². The average molecular weight is 290 g/mol. The molecule has 1 heterocycles. The normalized spacial score (nSPS) is 29.2. The van der Waals surface area contributed by atoms with Gasteiger partial charge in [0.15, 0.2) is 5.75 Å². The zero-order valence-corrected chi connectivity index (χ0v) is 13.2. The highest BCUT2D eigenvalue weighted by atomic mass is 16.3. The van der Waals surface area contributed by atoms with Crippen LogP contribution in [0.25, 0.3) is 0 Å². The van der Waals surface area contributed by atoms with Crippen LogP contribution in [0, 0.1) is 17.8 Å². The lowest BCUT2D eigenvalue weighted by atomic mass is 9.83. The fraction of sp³-hybridized carbons (Fsp3) is 0.706. The third-order valence-electron chi connectivity index (χ3n) is 5.47. The smallest absolute Gasteiger partial charge is 0.223 e. The molecule has 4 nitrogen and oxygen atoms in total. The van der Waals surface area contributed by atoms with Crippen LogP contribution >= 0.6 is 0 Å². The van der Waals surface area contributed by atoms with Gasteiger partial charge in [-0.25, -0.2) is 0 Å². The molecule has 0 aliphatic heterocycles. The quantitative estimate of drug-likeness (QED) is 0.927. The summed E-state index contributed by atoms with van der Waals surface area (Å²) in [7, 11) is 4.01. The van der Waals surface area contributed by atoms with Gasteiger partial charge in [-0.05, 0) is 58.0 Å². The Morgan fingerprint density at radius 2 is 2.14 bits per heavy atom. The van der Waals surface area contributed by atoms with Gasteiger partial charge >= 0.3 is 0 Å². The van der Waals surface area contributed by atoms with E-state index in [1.54, 1.807) is 12.3 Å². The van der Waals surface area contributed by atoms with E-state index >= 15 is 0 Å². The first-order valence-electron chi connectivity index (χ1n) is 8.04. The molecular weight excluding hydrogens is 264 g/mol. The van der Waals surface area contributed by atoms with Gasteiger partial charge in [-0.3, -0.25) is 4.79 Å². The zero-order chi connectivity index (χ0) is 15.1. The number of fused-ring (bicyclic) bond motifs is 2. The molecule has 0 radical (unpaired) electrons. The van der Waals surface area contributed by atoms with Crippen molar-refractivity contribution in [3.8, 4) is 5.75 Å². The van der Waals surface area contributed by atoms with Crippen LogP contribution in [0.1, 0.15) is 44.3 Å². The van der Waals surface area contributed by atoms with Crippen LogP contribution in [0.2, 0.25) is 0 Å². The highest BCUT2D eigenvalue weighted by molar-refractivity contribution is 5.21. The minimum atomic E-state index is -0.275. The molecule has 1 aromatic heterocycles. The molecule has 21 heavy (non-hydrogen) atoms. The van der Waals surface area contributed by atoms with E-state index in [-0.39, 0.29) is 11.2 Å². The van der Waals surface area contributed by atoms with Gasteiger partial charge in [-0.15, -0.1) is 0 Å². The number of aromatic nitrogens is 1. The number of nitrogens with zero attached hydrogens (tertiary/aromatic N) is 2. The summed E-state index contributed by atoms with van der Waals surface area (Å²) in [5, 5.41) is 9.84. The molecule has 0 spiro atoms. The van der Waals surface area contributed by atoms with Crippen molar-refractivity contribution >= 4 is 0 Å². The van der Waals surface area contributed by atoms with Gasteiger partial charge < -0.3 is 14.6 Å². The van der Waals surface area contributed by atoms with E-state index in [4.69, 9.17) is 0 Å². The Kier molecular flexibility index (Phi) is 3.82. The van der Waals surface area contributed by atoms with Gasteiger partial charge in [0.1, 0.15) is 0 Å². The summed E-state index contributed by atoms with van der Waals surface area (Å²) in [6, 6.07) is 1.95. The van der Waals surface area contributed by atoms with Gasteiger partial charge in [0, 0.05) is 24.3 Å². The van der Waals surface area contributed by atoms with Crippen LogP contribution < -0.4 is 5.43 Å². The van der Waals surface area contributed by atoms with Crippen LogP contribution in [0.15, 0.2) is 17.1 Å². The van der Waals surface area contributed by atoms with Crippen LogP contribution in [-0.2, 0) is 6.54 Å². The molecule has 0 aromatic carbocycles. The fourth-order valence-corrected chi connectivity index (χ4v) is 4.50. The summed E-state index contributed by atoms with van der Waals surface area (Å²) in [6.07, 6.45) is 7.09. The van der Waals surface area contributed by atoms with E-state index < -0.39 is 0 Å². The third-order valence-corrected chi connectivity index (χ3v) is 5.47. The molecule has 3 rings (SSSR count). The van der Waals surface area contributed by atoms with Crippen LogP contribution in [0.3, 0.4) is 0 Å². The summed E-state index contributed by atoms with van der Waals surface area (Å²) < 4.78 is 2.14. The maximum Gasteiger partial charge on any atom is 0.223 e. The highest BCUT2D eigenvalue weighted by Gasteiger charge is 2.42. The number of hydrogen-bond donors (Lipinski definition) is 1. The Hall–Kier alpha value is -1.29. The average Bonchev–Trinajstić information content (AvgIpc) is 3.03. The number of pyridine rings is 1. The van der Waals surface area contributed by atoms with Crippen LogP contribution in [0.4, 0.5) is 0 Å². The Morgan fingerprint density at radius 1 is 1.38 bits per heavy atom. The van der Waals surface area contributed by atoms with Gasteiger partial charge in [0.25, 0.3) is 0 Å². The fourth-order valence-electron chi connectivity index (χ4n) is 4.50. The lowest BCUT2D eigenvalue weighted by Crippen LogP contribution is -2.27. The van der Waals surface area contributed by atoms with Crippen molar-refractivity contribution in [3.63, 3.8) is 0 Å². The second kappa shape index (κ2) is 5.48. The van der Waals surface area contributed by atoms with Crippen molar-refractivity contribution in [2.24, 2.45) is 17.8 Å². The topological polar surface area (TPSA) is 45.5 Å². The van der Waals surface area contributed by atoms with Crippen molar-refractivity contribution in [2.75, 3.05) is 14.1 Å². The van der Waals surface area contributed by atoms with E-state index in [1.165, 1.54) is 25.7 Å². The van der Waals surface area contributed by atoms with Crippen molar-refractivity contribution in [1.82, 2.24) is 9.47 Å². The third kappa shape index (κ3) is 2.73. The van der Waals surface area contributed by atoms with E-state index in [0.717, 1.165) is 24.1 Å². The molecule has 4 atom stereocenters. The Morgan fingerprint density at radius 3 is 2.71 bits per heavy atom. The maximum absolute atomic E-state index is 11.8. The first kappa shape index (κ1) is 14.6. The van der Waals surface area contributed by atoms with Gasteiger partial charge in [0.05, 0.1) is 6.20 Å². The minimum absolute atomic E-state index is 0.132. The SMILES string of the molecule is CC(C1CC2CCC1C2)n1cc(O)c(=O)cc1CN(C)C. The standard InChI is InChI=1S/C17H26N2O2/c1-11(15-7-12-4-5-13(15)6-12)19-10-17(21)16(20)8-14(19)9-18(2)3/h8,10-13,15,21H,4-7,9H2,1-3H3. The summed E-state index contributed by atoms with van der Waals surface area (Å²) >= 11 is 0. The molecule has 116 valence electrons. The largest absolute Gasteiger partial charge is 0.503 e. The van der Waals surface area contributed by atoms with Crippen LogP contribution in [0.5, 0.6) is 5.75 Å². The number of aromatic hydroxyl groups is 1. The lowest BCUT2D eigenvalue weighted by Gasteiger charge is -2.32. The van der Waals surface area contributed by atoms with E-state index in [9.17, 15) is 9.90 Å². The summed E-state index contributed by atoms with van der Waals surface area (Å²) in [4.78, 5) is 13.8. The monoisotopic (exact) mass is 290 g/mol. The first-order chi connectivity index (χ1) is 9.95. The molecule has 2 fully saturated rings. The molecule has 4 unspecified atom stereocenters. The van der Waals surface area contributed by atoms with Crippen LogP contribution in [-0.4, -0.2) is 28.7 Å². The van der Waals surface area contributed by atoms with Crippen molar-refractivity contribution in [2.45, 2.75) is 45.2 Å². The Balaban J connectivity index is 1.92. The van der Waals surface area contributed by atoms with Crippen molar-refractivity contribution < 1.29 is 5.11 Å². The molecule has 1 aromatic rings. The predicted octanol–water partition coefficient (Wildman–Crippen LogP) is 2.61. The summed E-state index contributed by atoms with van der Waals surface area (Å²) in [5.41, 5.74) is 0.723. The van der Waals surface area contributed by atoms with Crippen molar-refractivity contribution in [1.29, 1.82) is 0 Å². The molecule has 2 saturated carbocycles. The van der Waals surface area contributed by atoms with E-state index in [1.807, 2.05) is 14.1 Å². The Labute approximate surface area is 126 Å². The molecule has 2 aliphatic carbocycles. The minimum Gasteiger partial charge on any atom is -0.503 e. The zero-order valence-electron chi connectivity index (χ0n) is 13.2. The molecular formula is C17H26N2O2. The molecule has 2 aliphatic rings. The van der Waals surface area contributed by atoms with Crippen molar-refractivity contribution in [3.05, 3.63) is 28.2 Å². The second-order valence-electron chi connectivity index (χ2n) is 7.24. The van der Waals surface area contributed by atoms with E-state index in [2.05, 4.69) is 16.4 Å². The number of hydrogen-bond acceptors (Lipinski definition) is 3. The van der Waals surface area contributed by atoms with Gasteiger partial charge in [-0.2, -0.15) is 0 Å². The predicted molar refractivity (Wildman–Crippen MR) is 83.4 cm³/mol. The highest BCUT2D eigenvalue weighted by Crippen LogP contribution is 2.52. The molecule has 0 amide bonds. The van der Waals surface area contributed by atoms with Gasteiger partial charge in [-0.1, -0.05) is 6.42 Å². The summed E-state index contributed by atoms with van der Waals surface area (Å²) in [5.74, 6) is 2.30. The Bertz CT molecular complexity index is 579.